The van der Waals surface area contributed by atoms with Gasteiger partial charge in [-0.15, -0.1) is 0 Å². The van der Waals surface area contributed by atoms with Gasteiger partial charge in [-0.2, -0.15) is 0 Å². The van der Waals surface area contributed by atoms with Crippen molar-refractivity contribution < 1.29 is 14.7 Å². The summed E-state index contributed by atoms with van der Waals surface area (Å²) >= 11 is 0. The van der Waals surface area contributed by atoms with Crippen LogP contribution in [-0.2, 0) is 4.79 Å². The third-order valence-corrected chi connectivity index (χ3v) is 2.20. The van der Waals surface area contributed by atoms with Gasteiger partial charge in [0.25, 0.3) is 5.91 Å². The van der Waals surface area contributed by atoms with Crippen molar-refractivity contribution in [3.05, 3.63) is 29.3 Å². The van der Waals surface area contributed by atoms with Gasteiger partial charge in [0.05, 0.1) is 11.3 Å². The van der Waals surface area contributed by atoms with Gasteiger partial charge in [0, 0.05) is 7.05 Å². The van der Waals surface area contributed by atoms with Crippen LogP contribution >= 0.6 is 0 Å². The molecule has 1 aromatic rings. The van der Waals surface area contributed by atoms with Crippen LogP contribution in [0.3, 0.4) is 0 Å². The van der Waals surface area contributed by atoms with Crippen LogP contribution in [0.25, 0.3) is 0 Å². The van der Waals surface area contributed by atoms with Gasteiger partial charge in [-0.05, 0) is 24.6 Å². The summed E-state index contributed by atoms with van der Waals surface area (Å²) in [5.41, 5.74) is 7.03. The van der Waals surface area contributed by atoms with Gasteiger partial charge in [-0.25, -0.2) is 0 Å². The third kappa shape index (κ3) is 2.73. The Bertz CT molecular complexity index is 429. The van der Waals surface area contributed by atoms with Crippen molar-refractivity contribution >= 4 is 17.6 Å². The van der Waals surface area contributed by atoms with E-state index in [0.29, 0.717) is 11.3 Å². The molecule has 0 bridgehead atoms. The van der Waals surface area contributed by atoms with E-state index in [1.807, 2.05) is 6.92 Å². The van der Waals surface area contributed by atoms with Crippen molar-refractivity contribution in [3.8, 4) is 0 Å². The molecule has 0 atom stereocenters. The van der Waals surface area contributed by atoms with Crippen molar-refractivity contribution in [1.82, 2.24) is 0 Å². The molecule has 0 heterocycles. The lowest BCUT2D eigenvalue weighted by atomic mass is 10.1. The number of hydrogen-bond donors (Lipinski definition) is 2. The van der Waals surface area contributed by atoms with E-state index in [1.165, 1.54) is 4.90 Å². The summed E-state index contributed by atoms with van der Waals surface area (Å²) in [5, 5.41) is 8.69. The van der Waals surface area contributed by atoms with Crippen molar-refractivity contribution in [2.75, 3.05) is 18.5 Å². The Balaban J connectivity index is 3.13. The maximum absolute atomic E-state index is 11.2. The zero-order valence-corrected chi connectivity index (χ0v) is 9.23. The van der Waals surface area contributed by atoms with Crippen LogP contribution in [0, 0.1) is 6.92 Å². The fourth-order valence-electron chi connectivity index (χ4n) is 1.45. The second-order valence-electron chi connectivity index (χ2n) is 3.63. The minimum atomic E-state index is -0.959. The lowest BCUT2D eigenvalue weighted by Gasteiger charge is -2.19. The van der Waals surface area contributed by atoms with E-state index in [9.17, 15) is 9.59 Å². The highest BCUT2D eigenvalue weighted by molar-refractivity contribution is 5.99. The van der Waals surface area contributed by atoms with Crippen molar-refractivity contribution in [2.45, 2.75) is 6.92 Å². The van der Waals surface area contributed by atoms with E-state index in [4.69, 9.17) is 10.8 Å². The number of amides is 1. The predicted molar refractivity (Wildman–Crippen MR) is 60.6 cm³/mol. The molecule has 86 valence electrons. The molecule has 0 aliphatic carbocycles. The summed E-state index contributed by atoms with van der Waals surface area (Å²) in [6, 6.07) is 5.10. The predicted octanol–water partition coefficient (Wildman–Crippen LogP) is 0.615. The number of carbonyl (C=O) groups is 2. The lowest BCUT2D eigenvalue weighted by molar-refractivity contribution is -0.135. The number of aliphatic carboxylic acids is 1. The zero-order chi connectivity index (χ0) is 12.3. The Morgan fingerprint density at radius 3 is 2.56 bits per heavy atom. The number of nitrogens with zero attached hydrogens (tertiary/aromatic N) is 1. The minimum Gasteiger partial charge on any atom is -0.480 e. The first-order chi connectivity index (χ1) is 7.41. The number of nitrogens with two attached hydrogens (primary N) is 1. The van der Waals surface area contributed by atoms with E-state index in [-0.39, 0.29) is 6.54 Å². The number of primary amides is 1. The van der Waals surface area contributed by atoms with Crippen LogP contribution in [0.4, 0.5) is 5.69 Å². The number of carbonyl (C=O) groups excluding carboxylic acids is 1. The van der Waals surface area contributed by atoms with Crippen LogP contribution < -0.4 is 10.6 Å². The fraction of sp³-hybridized carbons (Fsp3) is 0.273. The van der Waals surface area contributed by atoms with Gasteiger partial charge >= 0.3 is 5.97 Å². The Morgan fingerprint density at radius 1 is 1.44 bits per heavy atom. The van der Waals surface area contributed by atoms with Gasteiger partial charge in [-0.3, -0.25) is 9.59 Å². The van der Waals surface area contributed by atoms with Gasteiger partial charge in [0.2, 0.25) is 0 Å². The van der Waals surface area contributed by atoms with E-state index < -0.39 is 11.9 Å². The summed E-state index contributed by atoms with van der Waals surface area (Å²) in [5.74, 6) is -1.52. The van der Waals surface area contributed by atoms with Gasteiger partial charge < -0.3 is 15.7 Å². The SMILES string of the molecule is Cc1ccc(C(N)=O)c(N(C)CC(=O)O)c1. The number of likely N-dealkylation sites (N-methyl/N-ethyl adjacent to an activating group) is 1. The molecular formula is C11H14N2O3. The van der Waals surface area contributed by atoms with E-state index in [1.54, 1.807) is 25.2 Å². The van der Waals surface area contributed by atoms with Crippen molar-refractivity contribution in [2.24, 2.45) is 5.73 Å². The summed E-state index contributed by atoms with van der Waals surface area (Å²) in [6.07, 6.45) is 0. The second kappa shape index (κ2) is 4.65. The number of carboxylic acids is 1. The molecule has 5 heteroatoms. The zero-order valence-electron chi connectivity index (χ0n) is 9.23. The first-order valence-corrected chi connectivity index (χ1v) is 4.75. The largest absolute Gasteiger partial charge is 0.480 e. The lowest BCUT2D eigenvalue weighted by Crippen LogP contribution is -2.27. The molecule has 0 aliphatic rings. The Hall–Kier alpha value is -2.04. The van der Waals surface area contributed by atoms with E-state index in [2.05, 4.69) is 0 Å². The monoisotopic (exact) mass is 222 g/mol. The molecule has 5 nitrogen and oxygen atoms in total. The van der Waals surface area contributed by atoms with Crippen LogP contribution in [0.1, 0.15) is 15.9 Å². The van der Waals surface area contributed by atoms with Gasteiger partial charge in [-0.1, -0.05) is 6.07 Å². The molecule has 0 aromatic heterocycles. The van der Waals surface area contributed by atoms with Crippen molar-refractivity contribution in [3.63, 3.8) is 0 Å². The molecule has 0 fully saturated rings. The van der Waals surface area contributed by atoms with Gasteiger partial charge in [0.1, 0.15) is 6.54 Å². The number of benzene rings is 1. The van der Waals surface area contributed by atoms with Crippen LogP contribution in [0.15, 0.2) is 18.2 Å². The number of anilines is 1. The average molecular weight is 222 g/mol. The van der Waals surface area contributed by atoms with E-state index >= 15 is 0 Å². The van der Waals surface area contributed by atoms with Crippen molar-refractivity contribution in [1.29, 1.82) is 0 Å². The topological polar surface area (TPSA) is 83.6 Å². The summed E-state index contributed by atoms with van der Waals surface area (Å²) < 4.78 is 0. The van der Waals surface area contributed by atoms with E-state index in [0.717, 1.165) is 5.56 Å². The molecule has 16 heavy (non-hydrogen) atoms. The van der Waals surface area contributed by atoms with Gasteiger partial charge in [0.15, 0.2) is 0 Å². The number of carboxylic acid groups (broad SMARTS) is 1. The maximum atomic E-state index is 11.2. The molecule has 3 N–H and O–H groups in total. The van der Waals surface area contributed by atoms with Crippen LogP contribution in [-0.4, -0.2) is 30.6 Å². The first kappa shape index (κ1) is 12.0. The smallest absolute Gasteiger partial charge is 0.323 e. The molecule has 1 rings (SSSR count). The summed E-state index contributed by atoms with van der Waals surface area (Å²) in [4.78, 5) is 23.2. The second-order valence-corrected chi connectivity index (χ2v) is 3.63. The summed E-state index contributed by atoms with van der Waals surface area (Å²) in [6.45, 7) is 1.69. The summed E-state index contributed by atoms with van der Waals surface area (Å²) in [7, 11) is 1.61. The minimum absolute atomic E-state index is 0.177. The molecular weight excluding hydrogens is 208 g/mol. The average Bonchev–Trinajstić information content (AvgIpc) is 2.15. The number of rotatable bonds is 4. The number of aryl methyl sites for hydroxylation is 1. The highest BCUT2D eigenvalue weighted by atomic mass is 16.4. The molecule has 0 saturated carbocycles. The molecule has 0 radical (unpaired) electrons. The normalized spacial score (nSPS) is 9.88. The fourth-order valence-corrected chi connectivity index (χ4v) is 1.45. The third-order valence-electron chi connectivity index (χ3n) is 2.20. The first-order valence-electron chi connectivity index (χ1n) is 4.75. The molecule has 1 amide bonds. The Kier molecular flexibility index (Phi) is 3.50. The highest BCUT2D eigenvalue weighted by Crippen LogP contribution is 2.20. The van der Waals surface area contributed by atoms with Crippen LogP contribution in [0.2, 0.25) is 0 Å². The quantitative estimate of drug-likeness (QED) is 0.782. The van der Waals surface area contributed by atoms with Crippen LogP contribution in [0.5, 0.6) is 0 Å². The molecule has 0 unspecified atom stereocenters. The highest BCUT2D eigenvalue weighted by Gasteiger charge is 2.13. The number of hydrogen-bond acceptors (Lipinski definition) is 3. The molecule has 0 aliphatic heterocycles. The molecule has 0 spiro atoms. The Labute approximate surface area is 93.5 Å². The Morgan fingerprint density at radius 2 is 2.06 bits per heavy atom. The standard InChI is InChI=1S/C11H14N2O3/c1-7-3-4-8(11(12)16)9(5-7)13(2)6-10(14)15/h3-5H,6H2,1-2H3,(H2,12,16)(H,14,15). The molecule has 0 saturated heterocycles. The molecule has 1 aromatic carbocycles. The maximum Gasteiger partial charge on any atom is 0.323 e.